The van der Waals surface area contributed by atoms with Crippen molar-refractivity contribution in [2.45, 2.75) is 40.5 Å². The summed E-state index contributed by atoms with van der Waals surface area (Å²) < 4.78 is 5.75. The van der Waals surface area contributed by atoms with Crippen LogP contribution in [0.3, 0.4) is 0 Å². The molecule has 1 aliphatic heterocycles. The van der Waals surface area contributed by atoms with Crippen molar-refractivity contribution >= 4 is 28.5 Å². The molecule has 0 unspecified atom stereocenters. The molecule has 3 aromatic rings. The molecular formula is C22H26N4O2. The van der Waals surface area contributed by atoms with Gasteiger partial charge in [0.15, 0.2) is 0 Å². The van der Waals surface area contributed by atoms with Crippen LogP contribution in [-0.2, 0) is 4.79 Å². The SMILES string of the molecule is Cc1ccc(NC(=O)[C@@H]2CCCN(c3ncnc4oc(C)c(C)c34)C2)cc1C. The third-order valence-electron chi connectivity index (χ3n) is 5.81. The lowest BCUT2D eigenvalue weighted by Gasteiger charge is -2.33. The van der Waals surface area contributed by atoms with Crippen LogP contribution in [0.2, 0.25) is 0 Å². The molecule has 0 radical (unpaired) electrons. The molecule has 3 heterocycles. The average molecular weight is 378 g/mol. The summed E-state index contributed by atoms with van der Waals surface area (Å²) in [5, 5.41) is 4.04. The number of carbonyl (C=O) groups is 1. The Balaban J connectivity index is 1.55. The molecule has 4 rings (SSSR count). The number of carbonyl (C=O) groups excluding carboxylic acids is 1. The minimum atomic E-state index is -0.0753. The molecule has 1 aliphatic rings. The van der Waals surface area contributed by atoms with Crippen molar-refractivity contribution in [2.24, 2.45) is 5.92 Å². The molecule has 1 aromatic carbocycles. The van der Waals surface area contributed by atoms with Crippen molar-refractivity contribution in [3.8, 4) is 0 Å². The summed E-state index contributed by atoms with van der Waals surface area (Å²) in [5.41, 5.74) is 4.93. The molecule has 1 fully saturated rings. The largest absolute Gasteiger partial charge is 0.443 e. The fourth-order valence-electron chi connectivity index (χ4n) is 3.85. The van der Waals surface area contributed by atoms with E-state index in [0.29, 0.717) is 12.3 Å². The number of nitrogens with zero attached hydrogens (tertiary/aromatic N) is 3. The summed E-state index contributed by atoms with van der Waals surface area (Å²) >= 11 is 0. The maximum atomic E-state index is 12.9. The van der Waals surface area contributed by atoms with E-state index >= 15 is 0 Å². The molecule has 1 amide bonds. The molecule has 6 heteroatoms. The second kappa shape index (κ2) is 7.26. The molecule has 0 saturated carbocycles. The summed E-state index contributed by atoms with van der Waals surface area (Å²) in [5.74, 6) is 1.72. The van der Waals surface area contributed by atoms with Crippen LogP contribution in [0.5, 0.6) is 0 Å². The van der Waals surface area contributed by atoms with Gasteiger partial charge in [-0.15, -0.1) is 0 Å². The highest BCUT2D eigenvalue weighted by Gasteiger charge is 2.28. The number of hydrogen-bond acceptors (Lipinski definition) is 5. The van der Waals surface area contributed by atoms with E-state index in [9.17, 15) is 4.79 Å². The molecule has 1 saturated heterocycles. The Morgan fingerprint density at radius 2 is 2.00 bits per heavy atom. The smallest absolute Gasteiger partial charge is 0.231 e. The van der Waals surface area contributed by atoms with E-state index < -0.39 is 0 Å². The van der Waals surface area contributed by atoms with Gasteiger partial charge in [-0.3, -0.25) is 4.79 Å². The van der Waals surface area contributed by atoms with E-state index in [1.54, 1.807) is 6.33 Å². The zero-order valence-corrected chi connectivity index (χ0v) is 16.9. The zero-order valence-electron chi connectivity index (χ0n) is 16.9. The highest BCUT2D eigenvalue weighted by atomic mass is 16.3. The van der Waals surface area contributed by atoms with Gasteiger partial charge in [0, 0.05) is 24.3 Å². The first-order valence-electron chi connectivity index (χ1n) is 9.78. The number of benzene rings is 1. The van der Waals surface area contributed by atoms with Crippen LogP contribution in [-0.4, -0.2) is 29.0 Å². The normalized spacial score (nSPS) is 17.1. The van der Waals surface area contributed by atoms with Gasteiger partial charge in [-0.2, -0.15) is 0 Å². The van der Waals surface area contributed by atoms with Crippen LogP contribution in [0, 0.1) is 33.6 Å². The minimum Gasteiger partial charge on any atom is -0.443 e. The number of piperidine rings is 1. The Morgan fingerprint density at radius 1 is 1.18 bits per heavy atom. The molecule has 1 atom stereocenters. The minimum absolute atomic E-state index is 0.0679. The molecule has 146 valence electrons. The van der Waals surface area contributed by atoms with Gasteiger partial charge in [0.25, 0.3) is 0 Å². The molecular weight excluding hydrogens is 352 g/mol. The van der Waals surface area contributed by atoms with Crippen LogP contribution in [0.1, 0.15) is 35.3 Å². The van der Waals surface area contributed by atoms with E-state index in [1.807, 2.05) is 32.0 Å². The second-order valence-electron chi connectivity index (χ2n) is 7.73. The number of rotatable bonds is 3. The van der Waals surface area contributed by atoms with Gasteiger partial charge in [0.05, 0.1) is 11.3 Å². The predicted octanol–water partition coefficient (Wildman–Crippen LogP) is 4.31. The average Bonchev–Trinajstić information content (AvgIpc) is 2.99. The first kappa shape index (κ1) is 18.5. The van der Waals surface area contributed by atoms with E-state index in [2.05, 4.69) is 34.0 Å². The lowest BCUT2D eigenvalue weighted by atomic mass is 9.96. The van der Waals surface area contributed by atoms with Gasteiger partial charge in [-0.05, 0) is 63.8 Å². The number of aryl methyl sites for hydroxylation is 4. The summed E-state index contributed by atoms with van der Waals surface area (Å²) in [6.45, 7) is 9.62. The quantitative estimate of drug-likeness (QED) is 0.735. The molecule has 0 bridgehead atoms. The van der Waals surface area contributed by atoms with Crippen LogP contribution >= 0.6 is 0 Å². The number of fused-ring (bicyclic) bond motifs is 1. The van der Waals surface area contributed by atoms with Gasteiger partial charge in [-0.1, -0.05) is 6.07 Å². The van der Waals surface area contributed by atoms with Crippen LogP contribution in [0.25, 0.3) is 11.1 Å². The molecule has 0 spiro atoms. The van der Waals surface area contributed by atoms with Crippen LogP contribution in [0.15, 0.2) is 28.9 Å². The van der Waals surface area contributed by atoms with Gasteiger partial charge < -0.3 is 14.6 Å². The zero-order chi connectivity index (χ0) is 19.8. The van der Waals surface area contributed by atoms with Crippen molar-refractivity contribution in [3.05, 3.63) is 47.0 Å². The number of furan rings is 1. The first-order chi connectivity index (χ1) is 13.4. The summed E-state index contributed by atoms with van der Waals surface area (Å²) in [6, 6.07) is 6.03. The fraction of sp³-hybridized carbons (Fsp3) is 0.409. The number of anilines is 2. The third kappa shape index (κ3) is 3.35. The summed E-state index contributed by atoms with van der Waals surface area (Å²) in [4.78, 5) is 23.9. The van der Waals surface area contributed by atoms with Gasteiger partial charge in [0.1, 0.15) is 17.9 Å². The topological polar surface area (TPSA) is 71.3 Å². The van der Waals surface area contributed by atoms with E-state index in [0.717, 1.165) is 47.6 Å². The van der Waals surface area contributed by atoms with Crippen molar-refractivity contribution in [2.75, 3.05) is 23.3 Å². The van der Waals surface area contributed by atoms with E-state index in [1.165, 1.54) is 11.1 Å². The highest BCUT2D eigenvalue weighted by molar-refractivity contribution is 5.94. The second-order valence-corrected chi connectivity index (χ2v) is 7.73. The lowest BCUT2D eigenvalue weighted by Crippen LogP contribution is -2.41. The highest BCUT2D eigenvalue weighted by Crippen LogP contribution is 2.32. The number of hydrogen-bond donors (Lipinski definition) is 1. The van der Waals surface area contributed by atoms with Crippen molar-refractivity contribution < 1.29 is 9.21 Å². The summed E-state index contributed by atoms with van der Waals surface area (Å²) in [7, 11) is 0. The number of aromatic nitrogens is 2. The molecule has 0 aliphatic carbocycles. The Kier molecular flexibility index (Phi) is 4.79. The van der Waals surface area contributed by atoms with Gasteiger partial charge in [0.2, 0.25) is 11.6 Å². The van der Waals surface area contributed by atoms with E-state index in [-0.39, 0.29) is 11.8 Å². The standard InChI is InChI=1S/C22H26N4O2/c1-13-7-8-18(10-14(13)2)25-21(27)17-6-5-9-26(11-17)20-19-15(3)16(4)28-22(19)24-12-23-20/h7-8,10,12,17H,5-6,9,11H2,1-4H3,(H,25,27)/t17-/m1/s1. The lowest BCUT2D eigenvalue weighted by molar-refractivity contribution is -0.120. The Hall–Kier alpha value is -2.89. The van der Waals surface area contributed by atoms with Crippen LogP contribution in [0.4, 0.5) is 11.5 Å². The first-order valence-corrected chi connectivity index (χ1v) is 9.78. The predicted molar refractivity (Wildman–Crippen MR) is 111 cm³/mol. The summed E-state index contributed by atoms with van der Waals surface area (Å²) in [6.07, 6.45) is 3.37. The fourth-order valence-corrected chi connectivity index (χ4v) is 3.85. The number of amides is 1. The maximum Gasteiger partial charge on any atom is 0.231 e. The molecule has 28 heavy (non-hydrogen) atoms. The third-order valence-corrected chi connectivity index (χ3v) is 5.81. The maximum absolute atomic E-state index is 12.9. The monoisotopic (exact) mass is 378 g/mol. The number of nitrogens with one attached hydrogen (secondary N) is 1. The Labute approximate surface area is 165 Å². The van der Waals surface area contributed by atoms with Crippen molar-refractivity contribution in [1.29, 1.82) is 0 Å². The van der Waals surface area contributed by atoms with Crippen LogP contribution < -0.4 is 10.2 Å². The van der Waals surface area contributed by atoms with E-state index in [4.69, 9.17) is 4.42 Å². The Morgan fingerprint density at radius 3 is 2.79 bits per heavy atom. The molecule has 1 N–H and O–H groups in total. The Bertz CT molecular complexity index is 1040. The van der Waals surface area contributed by atoms with Gasteiger partial charge in [-0.25, -0.2) is 9.97 Å². The van der Waals surface area contributed by atoms with Crippen molar-refractivity contribution in [3.63, 3.8) is 0 Å². The molecule has 6 nitrogen and oxygen atoms in total. The molecule has 2 aromatic heterocycles. The van der Waals surface area contributed by atoms with Gasteiger partial charge >= 0.3 is 0 Å². The van der Waals surface area contributed by atoms with Crippen molar-refractivity contribution in [1.82, 2.24) is 9.97 Å².